The number of rotatable bonds is 10. The first-order valence-electron chi connectivity index (χ1n) is 19.3. The predicted molar refractivity (Wildman–Crippen MR) is 207 cm³/mol. The molecule has 11 N–H and O–H groups in total. The number of likely N-dealkylation sites (N-methyl/N-ethyl adjacent to an activating group) is 1. The van der Waals surface area contributed by atoms with E-state index in [4.69, 9.17) is 23.7 Å². The van der Waals surface area contributed by atoms with Gasteiger partial charge < -0.3 is 85.0 Å². The number of aryl methyl sites for hydroxylation is 1. The van der Waals surface area contributed by atoms with Crippen molar-refractivity contribution in [2.24, 2.45) is 0 Å². The van der Waals surface area contributed by atoms with E-state index in [-0.39, 0.29) is 28.0 Å². The number of nitrogens with one attached hydrogen (secondary N) is 1. The van der Waals surface area contributed by atoms with E-state index in [1.165, 1.54) is 26.2 Å². The van der Waals surface area contributed by atoms with E-state index in [1.807, 2.05) is 0 Å². The number of nitrogens with zero attached hydrogens (tertiary/aromatic N) is 1. The summed E-state index contributed by atoms with van der Waals surface area (Å²) in [5, 5.41) is 111. The zero-order valence-corrected chi connectivity index (χ0v) is 33.7. The van der Waals surface area contributed by atoms with E-state index in [1.54, 1.807) is 25.9 Å². The molecule has 2 unspecified atom stereocenters. The minimum Gasteiger partial charge on any atom is -0.507 e. The van der Waals surface area contributed by atoms with Crippen molar-refractivity contribution in [3.63, 3.8) is 0 Å². The largest absolute Gasteiger partial charge is 0.507 e. The number of carboxylic acid groups (broad SMARTS) is 1. The molecule has 3 aromatic rings. The van der Waals surface area contributed by atoms with E-state index >= 15 is 0 Å². The number of phenolic OH excluding ortho intramolecular Hbond substituents is 3. The number of carbonyl (C=O) groups excluding carboxylic acids is 3. The molecule has 62 heavy (non-hydrogen) atoms. The molecule has 0 spiro atoms. The number of benzene rings is 3. The van der Waals surface area contributed by atoms with Crippen molar-refractivity contribution in [1.82, 2.24) is 10.2 Å². The van der Waals surface area contributed by atoms with Crippen molar-refractivity contribution < 1.29 is 93.9 Å². The van der Waals surface area contributed by atoms with Crippen LogP contribution in [-0.2, 0) is 23.7 Å². The van der Waals surface area contributed by atoms with Crippen LogP contribution in [0.2, 0.25) is 0 Å². The van der Waals surface area contributed by atoms with Gasteiger partial charge in [-0.05, 0) is 56.8 Å². The fourth-order valence-electron chi connectivity index (χ4n) is 8.68. The zero-order valence-electron chi connectivity index (χ0n) is 33.7. The van der Waals surface area contributed by atoms with Crippen LogP contribution in [0.15, 0.2) is 24.3 Å². The molecule has 2 fully saturated rings. The number of fused-ring (bicyclic) bond motifs is 5. The van der Waals surface area contributed by atoms with Crippen LogP contribution in [0.25, 0.3) is 11.1 Å². The number of carbonyl (C=O) groups is 4. The number of carboxylic acids is 1. The highest BCUT2D eigenvalue weighted by molar-refractivity contribution is 6.31. The molecule has 2 saturated heterocycles. The topological polar surface area (TPSA) is 332 Å². The number of hydrogen-bond donors (Lipinski definition) is 11. The molecule has 0 aromatic heterocycles. The van der Waals surface area contributed by atoms with Gasteiger partial charge >= 0.3 is 5.97 Å². The molecule has 0 bridgehead atoms. The van der Waals surface area contributed by atoms with Gasteiger partial charge in [0.25, 0.3) is 5.91 Å². The highest BCUT2D eigenvalue weighted by atomic mass is 16.7. The van der Waals surface area contributed by atoms with Gasteiger partial charge in [0.05, 0.1) is 49.2 Å². The summed E-state index contributed by atoms with van der Waals surface area (Å²) < 4.78 is 29.2. The number of ether oxygens (including phenoxy) is 5. The van der Waals surface area contributed by atoms with Crippen molar-refractivity contribution in [3.8, 4) is 34.1 Å². The Hall–Kier alpha value is -5.30. The summed E-state index contributed by atoms with van der Waals surface area (Å²) in [6.45, 7) is 1.50. The SMILES string of the molecule is COc1cc(O)c2c(c1)C(=O)c1c(cc3c(c1O)-c1c(cc(C)c(C(=O)NC(CO)C(=O)O)c1O)[C@H](O[C@@H]1O[C@H](C)[C@H](N(C)C)[C@H](O[C@@H]4OC[C@@H](O)[C@H](O)[C@H]4O)[C@H]1O)C3O)C2=O. The van der Waals surface area contributed by atoms with Gasteiger partial charge in [0.2, 0.25) is 0 Å². The highest BCUT2D eigenvalue weighted by Gasteiger charge is 2.52. The summed E-state index contributed by atoms with van der Waals surface area (Å²) >= 11 is 0. The van der Waals surface area contributed by atoms with Crippen LogP contribution in [-0.4, -0.2) is 175 Å². The summed E-state index contributed by atoms with van der Waals surface area (Å²) in [6, 6.07) is 1.98. The maximum Gasteiger partial charge on any atom is 0.328 e. The predicted octanol–water partition coefficient (Wildman–Crippen LogP) is -1.30. The van der Waals surface area contributed by atoms with Gasteiger partial charge in [-0.25, -0.2) is 4.79 Å². The van der Waals surface area contributed by atoms with Crippen LogP contribution in [0.5, 0.6) is 23.0 Å². The van der Waals surface area contributed by atoms with E-state index in [0.717, 1.165) is 12.1 Å². The average molecular weight is 871 g/mol. The number of aliphatic hydroxyl groups excluding tert-OH is 6. The Labute approximate surface area is 351 Å². The first-order chi connectivity index (χ1) is 29.2. The Morgan fingerprint density at radius 2 is 1.50 bits per heavy atom. The molecule has 7 rings (SSSR count). The lowest BCUT2D eigenvalue weighted by molar-refractivity contribution is -0.345. The number of amides is 1. The number of aliphatic hydroxyl groups is 6. The van der Waals surface area contributed by atoms with Gasteiger partial charge in [-0.1, -0.05) is 6.07 Å². The molecule has 2 heterocycles. The monoisotopic (exact) mass is 870 g/mol. The Balaban J connectivity index is 1.38. The van der Waals surface area contributed by atoms with Crippen molar-refractivity contribution in [2.45, 2.75) is 87.3 Å². The fourth-order valence-corrected chi connectivity index (χ4v) is 8.68. The fraction of sp³-hybridized carbons (Fsp3) is 0.463. The lowest BCUT2D eigenvalue weighted by Crippen LogP contribution is -2.65. The van der Waals surface area contributed by atoms with Crippen molar-refractivity contribution in [3.05, 3.63) is 68.8 Å². The normalized spacial score (nSPS) is 29.6. The second-order valence-corrected chi connectivity index (χ2v) is 15.8. The quantitative estimate of drug-likeness (QED) is 0.0882. The number of methoxy groups -OCH3 is 1. The number of phenols is 3. The average Bonchev–Trinajstić information content (AvgIpc) is 3.21. The smallest absolute Gasteiger partial charge is 0.328 e. The Kier molecular flexibility index (Phi) is 12.1. The molecule has 2 aliphatic heterocycles. The molecular weight excluding hydrogens is 824 g/mol. The number of aliphatic carboxylic acids is 1. The van der Waals surface area contributed by atoms with Gasteiger partial charge in [0.1, 0.15) is 65.7 Å². The molecule has 21 heteroatoms. The minimum atomic E-state index is -1.93. The van der Waals surface area contributed by atoms with E-state index < -0.39 is 161 Å². The number of aromatic hydroxyl groups is 3. The van der Waals surface area contributed by atoms with Crippen molar-refractivity contribution >= 4 is 23.4 Å². The van der Waals surface area contributed by atoms with Crippen LogP contribution < -0.4 is 10.1 Å². The lowest BCUT2D eigenvalue weighted by Gasteiger charge is -2.49. The van der Waals surface area contributed by atoms with Gasteiger partial charge in [0, 0.05) is 28.3 Å². The molecule has 0 saturated carbocycles. The van der Waals surface area contributed by atoms with Gasteiger partial charge in [-0.2, -0.15) is 0 Å². The van der Waals surface area contributed by atoms with Crippen LogP contribution in [0.3, 0.4) is 0 Å². The Bertz CT molecular complexity index is 2330. The summed E-state index contributed by atoms with van der Waals surface area (Å²) in [6.07, 6.45) is -15.7. The van der Waals surface area contributed by atoms with Gasteiger partial charge in [-0.3, -0.25) is 14.4 Å². The van der Waals surface area contributed by atoms with Crippen LogP contribution in [0.4, 0.5) is 0 Å². The Morgan fingerprint density at radius 3 is 2.13 bits per heavy atom. The third-order valence-electron chi connectivity index (χ3n) is 11.7. The molecule has 12 atom stereocenters. The van der Waals surface area contributed by atoms with Crippen LogP contribution >= 0.6 is 0 Å². The first-order valence-corrected chi connectivity index (χ1v) is 19.3. The zero-order chi connectivity index (χ0) is 45.4. The van der Waals surface area contributed by atoms with Crippen molar-refractivity contribution in [1.29, 1.82) is 0 Å². The summed E-state index contributed by atoms with van der Waals surface area (Å²) in [5.41, 5.74) is -3.79. The molecular formula is C41H46N2O19. The van der Waals surface area contributed by atoms with E-state index in [0.29, 0.717) is 0 Å². The van der Waals surface area contributed by atoms with E-state index in [2.05, 4.69) is 5.32 Å². The maximum atomic E-state index is 14.1. The molecule has 2 aliphatic carbocycles. The third-order valence-corrected chi connectivity index (χ3v) is 11.7. The molecule has 0 radical (unpaired) electrons. The second-order valence-electron chi connectivity index (χ2n) is 15.8. The highest BCUT2D eigenvalue weighted by Crippen LogP contribution is 2.57. The Morgan fingerprint density at radius 1 is 0.855 bits per heavy atom. The molecule has 4 aliphatic rings. The first kappa shape index (κ1) is 44.7. The van der Waals surface area contributed by atoms with Crippen LogP contribution in [0.1, 0.15) is 78.0 Å². The third kappa shape index (κ3) is 7.23. The number of hydrogen-bond acceptors (Lipinski definition) is 19. The summed E-state index contributed by atoms with van der Waals surface area (Å²) in [4.78, 5) is 55.2. The molecule has 1 amide bonds. The lowest BCUT2D eigenvalue weighted by atomic mass is 9.74. The summed E-state index contributed by atoms with van der Waals surface area (Å²) in [7, 11) is 4.55. The van der Waals surface area contributed by atoms with Gasteiger partial charge in [0.15, 0.2) is 30.2 Å². The minimum absolute atomic E-state index is 0.000177. The van der Waals surface area contributed by atoms with E-state index in [9.17, 15) is 70.2 Å². The van der Waals surface area contributed by atoms with Crippen molar-refractivity contribution in [2.75, 3.05) is 34.4 Å². The van der Waals surface area contributed by atoms with Crippen LogP contribution in [0, 0.1) is 6.92 Å². The molecule has 3 aromatic carbocycles. The molecule has 21 nitrogen and oxygen atoms in total. The second kappa shape index (κ2) is 16.8. The maximum absolute atomic E-state index is 14.1. The number of ketones is 2. The van der Waals surface area contributed by atoms with Gasteiger partial charge in [-0.15, -0.1) is 0 Å². The standard InChI is InChI=1S/C41H46N2O19/c1-12-6-18-25(32(51)22(12)38(55)42-19(10-44)39(56)57)24-16(9-17-26(33(24)52)29(48)15-7-14(58-5)8-20(45)23(15)28(17)47)30(49)36(18)61-41-35(54)37(27(43(3)4)13(2)60-41)62-40-34(53)31(50)21(46)11-59-40/h6-9,13,19,21,27,30-31,34-37,40-41,44-46,49-54H,10-11H2,1-5H3,(H,42,55)(H,56,57)/t13-,19?,21-,27+,30?,31+,34-,35-,36+,37+,40+,41+/m1/s1. The molecule has 334 valence electrons. The summed E-state index contributed by atoms with van der Waals surface area (Å²) in [5.74, 6) is -7.17.